The van der Waals surface area contributed by atoms with Gasteiger partial charge in [0.1, 0.15) is 0 Å². The van der Waals surface area contributed by atoms with Crippen LogP contribution in [0.5, 0.6) is 5.75 Å². The number of alkyl halides is 5. The van der Waals surface area contributed by atoms with Gasteiger partial charge in [-0.25, -0.2) is 0 Å². The average Bonchev–Trinajstić information content (AvgIpc) is 2.47. The lowest BCUT2D eigenvalue weighted by molar-refractivity contribution is -0.386. The largest absolute Gasteiger partial charge is 0.427 e. The fourth-order valence-electron chi connectivity index (χ4n) is 2.74. The zero-order valence-corrected chi connectivity index (χ0v) is 13.2. The third-order valence-electron chi connectivity index (χ3n) is 3.87. The van der Waals surface area contributed by atoms with Crippen molar-refractivity contribution in [3.63, 3.8) is 0 Å². The minimum atomic E-state index is -4.30. The Morgan fingerprint density at radius 2 is 2.04 bits per heavy atom. The smallest absolute Gasteiger partial charge is 0.401 e. The van der Waals surface area contributed by atoms with Crippen molar-refractivity contribution in [1.29, 1.82) is 0 Å². The quantitative estimate of drug-likeness (QED) is 0.453. The highest BCUT2D eigenvalue weighted by Crippen LogP contribution is 2.33. The summed E-state index contributed by atoms with van der Waals surface area (Å²) in [7, 11) is 0. The van der Waals surface area contributed by atoms with Gasteiger partial charge in [-0.2, -0.15) is 22.0 Å². The molecule has 1 heterocycles. The van der Waals surface area contributed by atoms with Crippen LogP contribution in [-0.4, -0.2) is 54.8 Å². The zero-order chi connectivity index (χ0) is 18.8. The molecule has 11 heteroatoms. The van der Waals surface area contributed by atoms with Gasteiger partial charge in [0.15, 0.2) is 0 Å². The molecule has 0 N–H and O–H groups in total. The lowest BCUT2D eigenvalue weighted by atomic mass is 10.1. The monoisotopic (exact) mass is 369 g/mol. The first-order chi connectivity index (χ1) is 11.6. The van der Waals surface area contributed by atoms with Crippen molar-refractivity contribution in [3.05, 3.63) is 28.3 Å². The molecule has 1 aromatic rings. The molecule has 1 unspecified atom stereocenters. The van der Waals surface area contributed by atoms with Crippen molar-refractivity contribution in [1.82, 2.24) is 4.90 Å². The Kier molecular flexibility index (Phi) is 5.65. The van der Waals surface area contributed by atoms with Crippen molar-refractivity contribution in [3.8, 4) is 5.75 Å². The second-order valence-electron chi connectivity index (χ2n) is 5.67. The zero-order valence-electron chi connectivity index (χ0n) is 13.2. The summed E-state index contributed by atoms with van der Waals surface area (Å²) in [6.45, 7) is -2.05. The standard InChI is InChI=1S/C14H16F5N3O3/c1-9-7-20(4-5-21(9)8-14(17,18)19)10-2-3-11(22(23)24)12(6-10)25-13(15)16/h2-3,6,9,13H,4-5,7-8H2,1H3. The van der Waals surface area contributed by atoms with Crippen molar-refractivity contribution >= 4 is 11.4 Å². The highest BCUT2D eigenvalue weighted by atomic mass is 19.4. The predicted octanol–water partition coefficient (Wildman–Crippen LogP) is 3.27. The first kappa shape index (κ1) is 19.2. The topological polar surface area (TPSA) is 58.9 Å². The summed E-state index contributed by atoms with van der Waals surface area (Å²) in [5.41, 5.74) is -0.229. The fourth-order valence-corrected chi connectivity index (χ4v) is 2.74. The van der Waals surface area contributed by atoms with Crippen LogP contribution in [0, 0.1) is 10.1 Å². The Hall–Kier alpha value is -2.17. The van der Waals surface area contributed by atoms with E-state index in [0.29, 0.717) is 5.69 Å². The first-order valence-electron chi connectivity index (χ1n) is 7.36. The third kappa shape index (κ3) is 5.15. The van der Waals surface area contributed by atoms with Gasteiger partial charge >= 0.3 is 18.5 Å². The molecular weight excluding hydrogens is 353 g/mol. The normalized spacial score (nSPS) is 19.3. The number of hydrogen-bond donors (Lipinski definition) is 0. The summed E-state index contributed by atoms with van der Waals surface area (Å²) in [5.74, 6) is -0.581. The molecule has 0 saturated carbocycles. The Morgan fingerprint density at radius 1 is 1.36 bits per heavy atom. The molecule has 0 aromatic heterocycles. The van der Waals surface area contributed by atoms with Gasteiger partial charge in [-0.15, -0.1) is 0 Å². The molecule has 1 aromatic carbocycles. The number of benzene rings is 1. The number of rotatable bonds is 5. The molecule has 1 aliphatic rings. The maximum absolute atomic E-state index is 12.5. The molecule has 25 heavy (non-hydrogen) atoms. The molecule has 2 rings (SSSR count). The van der Waals surface area contributed by atoms with Crippen molar-refractivity contribution in [2.45, 2.75) is 25.8 Å². The number of halogens is 5. The van der Waals surface area contributed by atoms with E-state index >= 15 is 0 Å². The van der Waals surface area contributed by atoms with Gasteiger partial charge in [-0.05, 0) is 13.0 Å². The SMILES string of the molecule is CC1CN(c2ccc([N+](=O)[O-])c(OC(F)F)c2)CCN1CC(F)(F)F. The summed E-state index contributed by atoms with van der Waals surface area (Å²) in [5, 5.41) is 10.9. The Bertz CT molecular complexity index is 626. The fraction of sp³-hybridized carbons (Fsp3) is 0.571. The van der Waals surface area contributed by atoms with Gasteiger partial charge in [-0.1, -0.05) is 0 Å². The molecule has 0 bridgehead atoms. The number of ether oxygens (including phenoxy) is 1. The highest BCUT2D eigenvalue weighted by molar-refractivity contribution is 5.59. The molecule has 140 valence electrons. The molecule has 0 amide bonds. The molecule has 1 fully saturated rings. The van der Waals surface area contributed by atoms with Crippen molar-refractivity contribution in [2.75, 3.05) is 31.1 Å². The van der Waals surface area contributed by atoms with E-state index in [4.69, 9.17) is 0 Å². The van der Waals surface area contributed by atoms with Gasteiger partial charge in [0.05, 0.1) is 11.5 Å². The lowest BCUT2D eigenvalue weighted by Gasteiger charge is -2.41. The van der Waals surface area contributed by atoms with Crippen LogP contribution in [0.3, 0.4) is 0 Å². The van der Waals surface area contributed by atoms with E-state index in [-0.39, 0.29) is 19.6 Å². The second kappa shape index (κ2) is 7.38. The molecule has 0 radical (unpaired) electrons. The van der Waals surface area contributed by atoms with Gasteiger partial charge in [0, 0.05) is 43.5 Å². The molecule has 0 spiro atoms. The summed E-state index contributed by atoms with van der Waals surface area (Å²) in [4.78, 5) is 13.0. The number of nitrogens with zero attached hydrogens (tertiary/aromatic N) is 3. The minimum absolute atomic E-state index is 0.128. The van der Waals surface area contributed by atoms with E-state index in [1.165, 1.54) is 11.0 Å². The first-order valence-corrected chi connectivity index (χ1v) is 7.36. The maximum Gasteiger partial charge on any atom is 0.401 e. The van der Waals surface area contributed by atoms with Crippen LogP contribution in [0.15, 0.2) is 18.2 Å². The van der Waals surface area contributed by atoms with E-state index in [1.54, 1.807) is 11.8 Å². The van der Waals surface area contributed by atoms with Crippen LogP contribution in [-0.2, 0) is 0 Å². The van der Waals surface area contributed by atoms with Crippen molar-refractivity contribution in [2.24, 2.45) is 0 Å². The van der Waals surface area contributed by atoms with Gasteiger partial charge < -0.3 is 9.64 Å². The van der Waals surface area contributed by atoms with Crippen LogP contribution in [0.1, 0.15) is 6.92 Å². The molecule has 1 atom stereocenters. The predicted molar refractivity (Wildman–Crippen MR) is 79.0 cm³/mol. The molecule has 0 aliphatic carbocycles. The van der Waals surface area contributed by atoms with Crippen LogP contribution >= 0.6 is 0 Å². The van der Waals surface area contributed by atoms with E-state index in [2.05, 4.69) is 4.74 Å². The van der Waals surface area contributed by atoms with Crippen molar-refractivity contribution < 1.29 is 31.6 Å². The van der Waals surface area contributed by atoms with Gasteiger partial charge in [0.25, 0.3) is 0 Å². The van der Waals surface area contributed by atoms with Gasteiger partial charge in [0.2, 0.25) is 5.75 Å². The summed E-state index contributed by atoms with van der Waals surface area (Å²) < 4.78 is 66.6. The Balaban J connectivity index is 2.15. The molecule has 1 aliphatic heterocycles. The molecule has 1 saturated heterocycles. The van der Waals surface area contributed by atoms with Crippen LogP contribution in [0.25, 0.3) is 0 Å². The summed E-state index contributed by atoms with van der Waals surface area (Å²) in [6.07, 6.45) is -4.30. The van der Waals surface area contributed by atoms with E-state index < -0.39 is 41.7 Å². The Morgan fingerprint density at radius 3 is 2.56 bits per heavy atom. The second-order valence-corrected chi connectivity index (χ2v) is 5.67. The third-order valence-corrected chi connectivity index (χ3v) is 3.87. The minimum Gasteiger partial charge on any atom is -0.427 e. The number of piperazine rings is 1. The number of hydrogen-bond acceptors (Lipinski definition) is 5. The van der Waals surface area contributed by atoms with E-state index in [0.717, 1.165) is 12.1 Å². The van der Waals surface area contributed by atoms with Crippen LogP contribution in [0.2, 0.25) is 0 Å². The van der Waals surface area contributed by atoms with Gasteiger partial charge in [-0.3, -0.25) is 15.0 Å². The lowest BCUT2D eigenvalue weighted by Crippen LogP contribution is -2.54. The van der Waals surface area contributed by atoms with E-state index in [1.807, 2.05) is 0 Å². The average molecular weight is 369 g/mol. The molecular formula is C14H16F5N3O3. The van der Waals surface area contributed by atoms with Crippen LogP contribution < -0.4 is 9.64 Å². The van der Waals surface area contributed by atoms with Crippen LogP contribution in [0.4, 0.5) is 33.3 Å². The van der Waals surface area contributed by atoms with E-state index in [9.17, 15) is 32.1 Å². The number of nitro groups is 1. The summed E-state index contributed by atoms with van der Waals surface area (Å²) in [6, 6.07) is 3.09. The maximum atomic E-state index is 12.5. The number of nitro benzene ring substituents is 1. The Labute approximate surface area is 139 Å². The summed E-state index contributed by atoms with van der Waals surface area (Å²) >= 11 is 0. The highest BCUT2D eigenvalue weighted by Gasteiger charge is 2.35. The number of anilines is 1. The molecule has 6 nitrogen and oxygen atoms in total.